The first-order chi connectivity index (χ1) is 10.0. The highest BCUT2D eigenvalue weighted by molar-refractivity contribution is 8.18. The molecule has 2 amide bonds. The van der Waals surface area contributed by atoms with Crippen LogP contribution in [0.25, 0.3) is 6.08 Å². The number of carbonyl (C=O) groups is 3. The van der Waals surface area contributed by atoms with Crippen molar-refractivity contribution in [2.24, 2.45) is 0 Å². The van der Waals surface area contributed by atoms with E-state index in [4.69, 9.17) is 5.26 Å². The van der Waals surface area contributed by atoms with Gasteiger partial charge in [0.05, 0.1) is 23.6 Å². The molecule has 1 aromatic carbocycles. The summed E-state index contributed by atoms with van der Waals surface area (Å²) in [6.45, 7) is -0.397. The van der Waals surface area contributed by atoms with E-state index >= 15 is 0 Å². The van der Waals surface area contributed by atoms with Gasteiger partial charge in [0.1, 0.15) is 6.54 Å². The smallest absolute Gasteiger partial charge is 0.325 e. The number of hydrogen-bond acceptors (Lipinski definition) is 6. The van der Waals surface area contributed by atoms with Gasteiger partial charge in [0.15, 0.2) is 0 Å². The lowest BCUT2D eigenvalue weighted by Gasteiger charge is -2.09. The number of rotatable bonds is 3. The monoisotopic (exact) mass is 302 g/mol. The van der Waals surface area contributed by atoms with Gasteiger partial charge in [-0.25, -0.2) is 0 Å². The van der Waals surface area contributed by atoms with E-state index in [1.54, 1.807) is 30.3 Å². The molecule has 1 aromatic rings. The number of imide groups is 1. The van der Waals surface area contributed by atoms with Crippen LogP contribution < -0.4 is 0 Å². The Hall–Kier alpha value is -2.59. The van der Waals surface area contributed by atoms with Crippen LogP contribution in [-0.2, 0) is 14.3 Å². The molecule has 1 heterocycles. The summed E-state index contributed by atoms with van der Waals surface area (Å²) < 4.78 is 4.44. The second-order valence-corrected chi connectivity index (χ2v) is 5.07. The number of methoxy groups -OCH3 is 1. The van der Waals surface area contributed by atoms with Gasteiger partial charge in [0.2, 0.25) is 0 Å². The lowest BCUT2D eigenvalue weighted by Crippen LogP contribution is -2.34. The van der Waals surface area contributed by atoms with Crippen LogP contribution in [0.5, 0.6) is 0 Å². The molecule has 0 bridgehead atoms. The molecule has 0 N–H and O–H groups in total. The molecular formula is C14H10N2O4S. The topological polar surface area (TPSA) is 87.5 Å². The Morgan fingerprint density at radius 2 is 2.05 bits per heavy atom. The van der Waals surface area contributed by atoms with Gasteiger partial charge in [-0.1, -0.05) is 12.1 Å². The van der Waals surface area contributed by atoms with Crippen molar-refractivity contribution in [1.82, 2.24) is 4.90 Å². The lowest BCUT2D eigenvalue weighted by atomic mass is 10.1. The Balaban J connectivity index is 2.19. The maximum atomic E-state index is 12.1. The molecule has 1 aliphatic rings. The minimum absolute atomic E-state index is 0.230. The van der Waals surface area contributed by atoms with Gasteiger partial charge in [-0.05, 0) is 35.5 Å². The summed E-state index contributed by atoms with van der Waals surface area (Å²) in [6.07, 6.45) is 1.54. The first kappa shape index (κ1) is 14.8. The standard InChI is InChI=1S/C14H10N2O4S/c1-20-12(17)8-16-13(18)11(21-14(16)19)6-9-2-4-10(7-15)5-3-9/h2-6H,8H2,1H3/b11-6-. The van der Waals surface area contributed by atoms with Gasteiger partial charge < -0.3 is 4.74 Å². The van der Waals surface area contributed by atoms with E-state index in [2.05, 4.69) is 4.74 Å². The number of amides is 2. The number of ether oxygens (including phenoxy) is 1. The zero-order chi connectivity index (χ0) is 15.4. The molecule has 7 heteroatoms. The number of nitrogens with zero attached hydrogens (tertiary/aromatic N) is 2. The Kier molecular flexibility index (Phi) is 4.40. The van der Waals surface area contributed by atoms with Gasteiger partial charge >= 0.3 is 5.97 Å². The number of esters is 1. The van der Waals surface area contributed by atoms with Crippen molar-refractivity contribution in [1.29, 1.82) is 5.26 Å². The molecule has 0 aromatic heterocycles. The van der Waals surface area contributed by atoms with E-state index in [1.807, 2.05) is 6.07 Å². The lowest BCUT2D eigenvalue weighted by molar-refractivity contribution is -0.143. The van der Waals surface area contributed by atoms with Gasteiger partial charge in [0, 0.05) is 0 Å². The molecule has 106 valence electrons. The zero-order valence-electron chi connectivity index (χ0n) is 11.0. The van der Waals surface area contributed by atoms with Crippen LogP contribution in [-0.4, -0.2) is 35.7 Å². The molecule has 0 radical (unpaired) electrons. The molecule has 1 aliphatic heterocycles. The van der Waals surface area contributed by atoms with E-state index in [1.165, 1.54) is 7.11 Å². The van der Waals surface area contributed by atoms with E-state index in [9.17, 15) is 14.4 Å². The minimum atomic E-state index is -0.656. The summed E-state index contributed by atoms with van der Waals surface area (Å²) in [5.74, 6) is -1.18. The van der Waals surface area contributed by atoms with Crippen LogP contribution in [0.15, 0.2) is 29.2 Å². The predicted molar refractivity (Wildman–Crippen MR) is 75.9 cm³/mol. The molecule has 0 unspecified atom stereocenters. The number of thioether (sulfide) groups is 1. The molecule has 21 heavy (non-hydrogen) atoms. The summed E-state index contributed by atoms with van der Waals surface area (Å²) in [6, 6.07) is 8.57. The van der Waals surface area contributed by atoms with Crippen LogP contribution in [0.4, 0.5) is 4.79 Å². The van der Waals surface area contributed by atoms with E-state index in [0.717, 1.165) is 16.7 Å². The van der Waals surface area contributed by atoms with Gasteiger partial charge in [-0.3, -0.25) is 19.3 Å². The van der Waals surface area contributed by atoms with Crippen molar-refractivity contribution < 1.29 is 19.1 Å². The fourth-order valence-corrected chi connectivity index (χ4v) is 2.47. The Bertz CT molecular complexity index is 673. The number of carbonyl (C=O) groups excluding carboxylic acids is 3. The van der Waals surface area contributed by atoms with Crippen LogP contribution >= 0.6 is 11.8 Å². The average Bonchev–Trinajstić information content (AvgIpc) is 2.75. The summed E-state index contributed by atoms with van der Waals surface area (Å²) in [7, 11) is 1.19. The average molecular weight is 302 g/mol. The molecular weight excluding hydrogens is 292 g/mol. The zero-order valence-corrected chi connectivity index (χ0v) is 11.8. The van der Waals surface area contributed by atoms with Crippen molar-refractivity contribution in [2.75, 3.05) is 13.7 Å². The maximum Gasteiger partial charge on any atom is 0.325 e. The second-order valence-electron chi connectivity index (χ2n) is 4.08. The SMILES string of the molecule is COC(=O)CN1C(=O)S/C(=C\c2ccc(C#N)cc2)C1=O. The molecule has 0 aliphatic carbocycles. The predicted octanol–water partition coefficient (Wildman–Crippen LogP) is 1.77. The summed E-state index contributed by atoms with van der Waals surface area (Å²) >= 11 is 0.765. The molecule has 6 nitrogen and oxygen atoms in total. The van der Waals surface area contributed by atoms with Crippen LogP contribution in [0.1, 0.15) is 11.1 Å². The van der Waals surface area contributed by atoms with Gasteiger partial charge in [-0.15, -0.1) is 0 Å². The summed E-state index contributed by atoms with van der Waals surface area (Å²) in [5, 5.41) is 8.20. The van der Waals surface area contributed by atoms with E-state index < -0.39 is 23.7 Å². The van der Waals surface area contributed by atoms with Gasteiger partial charge in [-0.2, -0.15) is 5.26 Å². The third-order valence-electron chi connectivity index (χ3n) is 2.73. The third-order valence-corrected chi connectivity index (χ3v) is 3.63. The molecule has 0 spiro atoms. The van der Waals surface area contributed by atoms with Crippen molar-refractivity contribution in [3.8, 4) is 6.07 Å². The Morgan fingerprint density at radius 1 is 1.38 bits per heavy atom. The highest BCUT2D eigenvalue weighted by Crippen LogP contribution is 2.32. The normalized spacial score (nSPS) is 16.2. The van der Waals surface area contributed by atoms with E-state index in [0.29, 0.717) is 11.1 Å². The third kappa shape index (κ3) is 3.30. The highest BCUT2D eigenvalue weighted by Gasteiger charge is 2.36. The van der Waals surface area contributed by atoms with Crippen LogP contribution in [0, 0.1) is 11.3 Å². The van der Waals surface area contributed by atoms with Crippen molar-refractivity contribution in [2.45, 2.75) is 0 Å². The fraction of sp³-hybridized carbons (Fsp3) is 0.143. The van der Waals surface area contributed by atoms with Crippen molar-refractivity contribution >= 4 is 35.0 Å². The summed E-state index contributed by atoms with van der Waals surface area (Å²) in [4.78, 5) is 36.0. The quantitative estimate of drug-likeness (QED) is 0.624. The first-order valence-electron chi connectivity index (χ1n) is 5.87. The number of hydrogen-bond donors (Lipinski definition) is 0. The molecule has 1 fully saturated rings. The molecule has 1 saturated heterocycles. The summed E-state index contributed by atoms with van der Waals surface area (Å²) in [5.41, 5.74) is 1.20. The number of nitriles is 1. The molecule has 0 saturated carbocycles. The maximum absolute atomic E-state index is 12.1. The Morgan fingerprint density at radius 3 is 2.62 bits per heavy atom. The van der Waals surface area contributed by atoms with Crippen LogP contribution in [0.2, 0.25) is 0 Å². The second kappa shape index (κ2) is 6.24. The first-order valence-corrected chi connectivity index (χ1v) is 6.69. The minimum Gasteiger partial charge on any atom is -0.468 e. The Labute approximate surface area is 125 Å². The van der Waals surface area contributed by atoms with Crippen LogP contribution in [0.3, 0.4) is 0 Å². The molecule has 0 atom stereocenters. The molecule has 2 rings (SSSR count). The van der Waals surface area contributed by atoms with Crippen molar-refractivity contribution in [3.05, 3.63) is 40.3 Å². The fourth-order valence-electron chi connectivity index (χ4n) is 1.64. The largest absolute Gasteiger partial charge is 0.468 e. The van der Waals surface area contributed by atoms with Gasteiger partial charge in [0.25, 0.3) is 11.1 Å². The number of benzene rings is 1. The highest BCUT2D eigenvalue weighted by atomic mass is 32.2. The van der Waals surface area contributed by atoms with Crippen molar-refractivity contribution in [3.63, 3.8) is 0 Å². The van der Waals surface area contributed by atoms with E-state index in [-0.39, 0.29) is 4.91 Å².